The largest absolute Gasteiger partial charge is 0.235 e. The molecule has 0 heterocycles. The minimum absolute atomic E-state index is 0.918. The molecule has 0 fully saturated rings. The fraction of sp³-hybridized carbons (Fsp3) is 0.333. The van der Waals surface area contributed by atoms with Crippen LogP contribution >= 0.6 is 22.6 Å². The van der Waals surface area contributed by atoms with Gasteiger partial charge in [0.1, 0.15) is 5.83 Å². The average Bonchev–Trinajstić information content (AvgIpc) is 1.83. The van der Waals surface area contributed by atoms with Gasteiger partial charge in [-0.25, -0.2) is 13.2 Å². The van der Waals surface area contributed by atoms with Gasteiger partial charge in [-0.3, -0.25) is 0 Å². The molecule has 2 unspecified atom stereocenters. The summed E-state index contributed by atoms with van der Waals surface area (Å²) in [6.45, 7) is 0. The van der Waals surface area contributed by atoms with Crippen molar-refractivity contribution in [3.8, 4) is 0 Å². The van der Waals surface area contributed by atoms with E-state index in [-0.39, 0.29) is 0 Å². The first-order valence-electron chi connectivity index (χ1n) is 2.61. The number of alkyl halides is 3. The molecule has 56 valence electrons. The number of hydrogen-bond acceptors (Lipinski definition) is 0. The van der Waals surface area contributed by atoms with Crippen molar-refractivity contribution in [2.24, 2.45) is 0 Å². The molecule has 1 aliphatic carbocycles. The minimum Gasteiger partial charge on any atom is -0.235 e. The second kappa shape index (κ2) is 2.56. The van der Waals surface area contributed by atoms with Crippen LogP contribution in [-0.4, -0.2) is 9.85 Å². The predicted molar refractivity (Wildman–Crippen MR) is 41.1 cm³/mol. The van der Waals surface area contributed by atoms with Crippen LogP contribution < -0.4 is 0 Å². The third-order valence-corrected chi connectivity index (χ3v) is 2.06. The maximum Gasteiger partial charge on any atom is 0.216 e. The Morgan fingerprint density at radius 1 is 1.60 bits per heavy atom. The van der Waals surface area contributed by atoms with E-state index in [0.717, 1.165) is 18.2 Å². The van der Waals surface area contributed by atoms with E-state index in [0.29, 0.717) is 0 Å². The van der Waals surface area contributed by atoms with Crippen molar-refractivity contribution in [2.45, 2.75) is 9.85 Å². The molecule has 0 bridgehead atoms. The van der Waals surface area contributed by atoms with E-state index in [1.807, 2.05) is 0 Å². The van der Waals surface area contributed by atoms with Gasteiger partial charge in [-0.05, 0) is 34.7 Å². The minimum atomic E-state index is -2.21. The van der Waals surface area contributed by atoms with Gasteiger partial charge in [-0.15, -0.1) is 0 Å². The van der Waals surface area contributed by atoms with Crippen molar-refractivity contribution in [1.29, 1.82) is 0 Å². The lowest BCUT2D eigenvalue weighted by Crippen LogP contribution is -2.27. The highest BCUT2D eigenvalue weighted by Crippen LogP contribution is 2.36. The molecular formula is C6H4F3I. The molecule has 0 aliphatic heterocycles. The molecule has 0 nitrogen and oxygen atoms in total. The molecular weight excluding hydrogens is 256 g/mol. The zero-order valence-electron chi connectivity index (χ0n) is 4.82. The summed E-state index contributed by atoms with van der Waals surface area (Å²) in [4.78, 5) is 0. The quantitative estimate of drug-likeness (QED) is 0.464. The Labute approximate surface area is 69.9 Å². The molecule has 0 saturated heterocycles. The Morgan fingerprint density at radius 3 is 2.60 bits per heavy atom. The zero-order valence-corrected chi connectivity index (χ0v) is 6.98. The van der Waals surface area contributed by atoms with Crippen LogP contribution in [-0.2, 0) is 0 Å². The topological polar surface area (TPSA) is 0 Å². The summed E-state index contributed by atoms with van der Waals surface area (Å²) in [5, 5.41) is 0. The zero-order chi connectivity index (χ0) is 7.78. The van der Waals surface area contributed by atoms with Crippen LogP contribution in [0.2, 0.25) is 0 Å². The molecule has 0 aromatic carbocycles. The van der Waals surface area contributed by atoms with E-state index in [4.69, 9.17) is 0 Å². The number of halogens is 4. The van der Waals surface area contributed by atoms with Crippen molar-refractivity contribution in [3.05, 3.63) is 24.1 Å². The molecule has 1 aliphatic rings. The molecule has 1 rings (SSSR count). The number of rotatable bonds is 0. The normalized spacial score (nSPS) is 39.6. The van der Waals surface area contributed by atoms with Crippen LogP contribution in [0.15, 0.2) is 24.1 Å². The fourth-order valence-corrected chi connectivity index (χ4v) is 1.13. The van der Waals surface area contributed by atoms with Gasteiger partial charge < -0.3 is 0 Å². The third-order valence-electron chi connectivity index (χ3n) is 1.15. The van der Waals surface area contributed by atoms with E-state index in [2.05, 4.69) is 0 Å². The first kappa shape index (κ1) is 8.10. The lowest BCUT2D eigenvalue weighted by atomic mass is 10.1. The maximum atomic E-state index is 12.8. The smallest absolute Gasteiger partial charge is 0.216 e. The Balaban J connectivity index is 2.89. The van der Waals surface area contributed by atoms with E-state index >= 15 is 0 Å². The van der Waals surface area contributed by atoms with Gasteiger partial charge in [-0.1, -0.05) is 6.08 Å². The lowest BCUT2D eigenvalue weighted by Gasteiger charge is -2.19. The predicted octanol–water partition coefficient (Wildman–Crippen LogP) is 2.85. The summed E-state index contributed by atoms with van der Waals surface area (Å²) < 4.78 is 35.3. The summed E-state index contributed by atoms with van der Waals surface area (Å²) in [5.41, 5.74) is 0. The van der Waals surface area contributed by atoms with Crippen LogP contribution in [0, 0.1) is 0 Å². The Bertz CT molecular complexity index is 195. The summed E-state index contributed by atoms with van der Waals surface area (Å²) in [6, 6.07) is 0. The van der Waals surface area contributed by atoms with Gasteiger partial charge in [0.2, 0.25) is 3.68 Å². The SMILES string of the molecule is FC1=CC=CC(F)(I)C1F. The maximum absolute atomic E-state index is 12.8. The molecule has 2 atom stereocenters. The lowest BCUT2D eigenvalue weighted by molar-refractivity contribution is 0.193. The molecule has 0 spiro atoms. The first-order valence-corrected chi connectivity index (χ1v) is 3.69. The Hall–Kier alpha value is -0.000000000000000167. The summed E-state index contributed by atoms with van der Waals surface area (Å²) in [7, 11) is 0. The Kier molecular flexibility index (Phi) is 2.07. The van der Waals surface area contributed by atoms with Gasteiger partial charge in [0.05, 0.1) is 0 Å². The Morgan fingerprint density at radius 2 is 2.20 bits per heavy atom. The van der Waals surface area contributed by atoms with Gasteiger partial charge in [0.15, 0.2) is 6.17 Å². The van der Waals surface area contributed by atoms with Crippen LogP contribution in [0.5, 0.6) is 0 Å². The van der Waals surface area contributed by atoms with Gasteiger partial charge in [0, 0.05) is 0 Å². The second-order valence-corrected chi connectivity index (χ2v) is 3.60. The van der Waals surface area contributed by atoms with Crippen molar-refractivity contribution >= 4 is 22.6 Å². The van der Waals surface area contributed by atoms with E-state index in [1.165, 1.54) is 22.6 Å². The molecule has 10 heavy (non-hydrogen) atoms. The molecule has 0 amide bonds. The van der Waals surface area contributed by atoms with Gasteiger partial charge >= 0.3 is 0 Å². The molecule has 0 radical (unpaired) electrons. The third kappa shape index (κ3) is 1.36. The van der Waals surface area contributed by atoms with E-state index < -0.39 is 15.7 Å². The number of allylic oxidation sites excluding steroid dienone is 4. The summed E-state index contributed by atoms with van der Waals surface area (Å²) in [5.74, 6) is -1.06. The van der Waals surface area contributed by atoms with Crippen LogP contribution in [0.4, 0.5) is 13.2 Å². The fourth-order valence-electron chi connectivity index (χ4n) is 0.621. The second-order valence-electron chi connectivity index (χ2n) is 1.95. The number of hydrogen-bond donors (Lipinski definition) is 0. The standard InChI is InChI=1S/C6H4F3I/c7-4-2-1-3-6(9,10)5(4)8/h1-3,5H. The first-order chi connectivity index (χ1) is 4.54. The van der Waals surface area contributed by atoms with Crippen molar-refractivity contribution in [1.82, 2.24) is 0 Å². The average molecular weight is 260 g/mol. The van der Waals surface area contributed by atoms with Gasteiger partial charge in [0.25, 0.3) is 0 Å². The monoisotopic (exact) mass is 260 g/mol. The van der Waals surface area contributed by atoms with Crippen molar-refractivity contribution in [3.63, 3.8) is 0 Å². The van der Waals surface area contributed by atoms with E-state index in [9.17, 15) is 13.2 Å². The summed E-state index contributed by atoms with van der Waals surface area (Å²) in [6.07, 6.45) is 0.915. The van der Waals surface area contributed by atoms with Gasteiger partial charge in [-0.2, -0.15) is 0 Å². The van der Waals surface area contributed by atoms with Crippen molar-refractivity contribution in [2.75, 3.05) is 0 Å². The van der Waals surface area contributed by atoms with Crippen LogP contribution in [0.1, 0.15) is 0 Å². The molecule has 0 aromatic heterocycles. The van der Waals surface area contributed by atoms with Crippen LogP contribution in [0.3, 0.4) is 0 Å². The molecule has 4 heteroatoms. The molecule has 0 saturated carbocycles. The molecule has 0 aromatic rings. The highest BCUT2D eigenvalue weighted by molar-refractivity contribution is 14.1. The molecule has 0 N–H and O–H groups in total. The summed E-state index contributed by atoms with van der Waals surface area (Å²) >= 11 is 1.22. The highest BCUT2D eigenvalue weighted by atomic mass is 127. The van der Waals surface area contributed by atoms with Crippen LogP contribution in [0.25, 0.3) is 0 Å². The van der Waals surface area contributed by atoms with E-state index in [1.54, 1.807) is 0 Å². The highest BCUT2D eigenvalue weighted by Gasteiger charge is 2.38. The van der Waals surface area contributed by atoms with Crippen molar-refractivity contribution < 1.29 is 13.2 Å².